The maximum atomic E-state index is 5.82. The zero-order valence-corrected chi connectivity index (χ0v) is 10.2. The topological polar surface area (TPSA) is 12.4 Å². The molecule has 1 aromatic carbocycles. The molecule has 0 spiro atoms. The van der Waals surface area contributed by atoms with Crippen LogP contribution >= 0.6 is 34.8 Å². The molecule has 0 aliphatic carbocycles. The van der Waals surface area contributed by atoms with Gasteiger partial charge in [0.05, 0.1) is 6.04 Å². The van der Waals surface area contributed by atoms with E-state index in [0.717, 1.165) is 24.1 Å². The SMILES string of the molecule is ClC(Cl)(Cl)C1CCC(c2ccccc2)=N1. The van der Waals surface area contributed by atoms with E-state index in [2.05, 4.69) is 4.99 Å². The number of hydrogen-bond acceptors (Lipinski definition) is 1. The Morgan fingerprint density at radius 1 is 1.13 bits per heavy atom. The van der Waals surface area contributed by atoms with Crippen molar-refractivity contribution in [3.63, 3.8) is 0 Å². The molecule has 0 fully saturated rings. The predicted molar refractivity (Wildman–Crippen MR) is 66.3 cm³/mol. The molecule has 0 bridgehead atoms. The number of hydrogen-bond donors (Lipinski definition) is 0. The molecule has 1 heterocycles. The van der Waals surface area contributed by atoms with Crippen molar-refractivity contribution in [3.05, 3.63) is 35.9 Å². The molecular weight excluding hydrogens is 252 g/mol. The molecule has 0 saturated heterocycles. The second kappa shape index (κ2) is 4.32. The molecular formula is C11H10Cl3N. The van der Waals surface area contributed by atoms with Crippen LogP contribution in [0.25, 0.3) is 0 Å². The molecule has 80 valence electrons. The van der Waals surface area contributed by atoms with E-state index < -0.39 is 3.79 Å². The minimum Gasteiger partial charge on any atom is -0.281 e. The van der Waals surface area contributed by atoms with Crippen LogP contribution in [0.3, 0.4) is 0 Å². The Hall–Kier alpha value is -0.240. The van der Waals surface area contributed by atoms with Gasteiger partial charge in [0.2, 0.25) is 3.79 Å². The molecule has 0 saturated carbocycles. The lowest BCUT2D eigenvalue weighted by atomic mass is 10.1. The fourth-order valence-corrected chi connectivity index (χ4v) is 2.15. The molecule has 1 aliphatic heterocycles. The summed E-state index contributed by atoms with van der Waals surface area (Å²) in [7, 11) is 0. The number of alkyl halides is 3. The third-order valence-electron chi connectivity index (χ3n) is 2.45. The van der Waals surface area contributed by atoms with Crippen LogP contribution in [-0.2, 0) is 0 Å². The molecule has 0 aromatic heterocycles. The number of halogens is 3. The first-order valence-electron chi connectivity index (χ1n) is 4.76. The van der Waals surface area contributed by atoms with Gasteiger partial charge in [0.1, 0.15) is 0 Å². The molecule has 1 nitrogen and oxygen atoms in total. The van der Waals surface area contributed by atoms with Crippen LogP contribution in [0.2, 0.25) is 0 Å². The van der Waals surface area contributed by atoms with Gasteiger partial charge in [-0.1, -0.05) is 65.1 Å². The maximum Gasteiger partial charge on any atom is 0.212 e. The fraction of sp³-hybridized carbons (Fsp3) is 0.364. The number of benzene rings is 1. The summed E-state index contributed by atoms with van der Waals surface area (Å²) in [5.41, 5.74) is 2.15. The van der Waals surface area contributed by atoms with E-state index in [1.165, 1.54) is 0 Å². The Balaban J connectivity index is 2.21. The van der Waals surface area contributed by atoms with Crippen LogP contribution in [0.5, 0.6) is 0 Å². The van der Waals surface area contributed by atoms with Gasteiger partial charge in [-0.2, -0.15) is 0 Å². The molecule has 0 N–H and O–H groups in total. The van der Waals surface area contributed by atoms with Gasteiger partial charge in [-0.3, -0.25) is 4.99 Å². The molecule has 4 heteroatoms. The molecule has 1 aliphatic rings. The van der Waals surface area contributed by atoms with Crippen molar-refractivity contribution >= 4 is 40.5 Å². The van der Waals surface area contributed by atoms with Gasteiger partial charge < -0.3 is 0 Å². The van der Waals surface area contributed by atoms with Crippen LogP contribution in [0.15, 0.2) is 35.3 Å². The van der Waals surface area contributed by atoms with Crippen molar-refractivity contribution in [2.75, 3.05) is 0 Å². The summed E-state index contributed by atoms with van der Waals surface area (Å²) in [5.74, 6) is 0. The molecule has 15 heavy (non-hydrogen) atoms. The van der Waals surface area contributed by atoms with Crippen LogP contribution in [0.1, 0.15) is 18.4 Å². The van der Waals surface area contributed by atoms with Crippen molar-refractivity contribution in [1.82, 2.24) is 0 Å². The van der Waals surface area contributed by atoms with E-state index in [0.29, 0.717) is 0 Å². The van der Waals surface area contributed by atoms with Crippen molar-refractivity contribution < 1.29 is 0 Å². The minimum absolute atomic E-state index is 0.210. The van der Waals surface area contributed by atoms with Gasteiger partial charge >= 0.3 is 0 Å². The molecule has 1 aromatic rings. The highest BCUT2D eigenvalue weighted by atomic mass is 35.6. The minimum atomic E-state index is -1.28. The van der Waals surface area contributed by atoms with Crippen molar-refractivity contribution in [2.45, 2.75) is 22.7 Å². The smallest absolute Gasteiger partial charge is 0.212 e. The van der Waals surface area contributed by atoms with Gasteiger partial charge in [0, 0.05) is 5.71 Å². The first kappa shape index (κ1) is 11.3. The summed E-state index contributed by atoms with van der Waals surface area (Å²) in [6, 6.07) is 9.80. The summed E-state index contributed by atoms with van der Waals surface area (Å²) in [6.45, 7) is 0. The third kappa shape index (κ3) is 2.66. The summed E-state index contributed by atoms with van der Waals surface area (Å²) >= 11 is 17.4. The Morgan fingerprint density at radius 3 is 2.33 bits per heavy atom. The normalized spacial score (nSPS) is 21.5. The zero-order chi connectivity index (χ0) is 10.9. The number of rotatable bonds is 1. The Kier molecular flexibility index (Phi) is 3.24. The van der Waals surface area contributed by atoms with Gasteiger partial charge in [-0.05, 0) is 18.4 Å². The van der Waals surface area contributed by atoms with E-state index in [9.17, 15) is 0 Å². The quantitative estimate of drug-likeness (QED) is 0.678. The average molecular weight is 263 g/mol. The molecule has 1 unspecified atom stereocenters. The maximum absolute atomic E-state index is 5.82. The summed E-state index contributed by atoms with van der Waals surface area (Å²) in [6.07, 6.45) is 1.68. The van der Waals surface area contributed by atoms with Crippen LogP contribution in [0, 0.1) is 0 Å². The lowest BCUT2D eigenvalue weighted by Gasteiger charge is -2.15. The Morgan fingerprint density at radius 2 is 1.80 bits per heavy atom. The Labute approximate surface area is 104 Å². The predicted octanol–water partition coefficient (Wildman–Crippen LogP) is 4.01. The average Bonchev–Trinajstić information content (AvgIpc) is 2.67. The highest BCUT2D eigenvalue weighted by Crippen LogP contribution is 2.38. The fourth-order valence-electron chi connectivity index (χ4n) is 1.68. The summed E-state index contributed by atoms with van der Waals surface area (Å²) in [5, 5.41) is 0. The van der Waals surface area contributed by atoms with Gasteiger partial charge in [-0.25, -0.2) is 0 Å². The van der Waals surface area contributed by atoms with E-state index in [1.807, 2.05) is 30.3 Å². The van der Waals surface area contributed by atoms with E-state index in [1.54, 1.807) is 0 Å². The van der Waals surface area contributed by atoms with Gasteiger partial charge in [0.15, 0.2) is 0 Å². The van der Waals surface area contributed by atoms with E-state index >= 15 is 0 Å². The highest BCUT2D eigenvalue weighted by Gasteiger charge is 2.35. The van der Waals surface area contributed by atoms with E-state index in [4.69, 9.17) is 34.8 Å². The monoisotopic (exact) mass is 261 g/mol. The highest BCUT2D eigenvalue weighted by molar-refractivity contribution is 6.68. The molecule has 1 atom stereocenters. The molecule has 2 rings (SSSR count). The standard InChI is InChI=1S/C11H10Cl3N/c12-11(13,14)10-7-6-9(15-10)8-4-2-1-3-5-8/h1-5,10H,6-7H2. The first-order valence-corrected chi connectivity index (χ1v) is 5.89. The molecule has 0 radical (unpaired) electrons. The summed E-state index contributed by atoms with van der Waals surface area (Å²) in [4.78, 5) is 4.45. The van der Waals surface area contributed by atoms with Crippen molar-refractivity contribution in [3.8, 4) is 0 Å². The lowest BCUT2D eigenvalue weighted by Crippen LogP contribution is -2.20. The van der Waals surface area contributed by atoms with Crippen molar-refractivity contribution in [2.24, 2.45) is 4.99 Å². The van der Waals surface area contributed by atoms with Crippen LogP contribution in [0.4, 0.5) is 0 Å². The Bertz CT molecular complexity index is 367. The third-order valence-corrected chi connectivity index (χ3v) is 3.21. The second-order valence-corrected chi connectivity index (χ2v) is 5.91. The van der Waals surface area contributed by atoms with Gasteiger partial charge in [-0.15, -0.1) is 0 Å². The van der Waals surface area contributed by atoms with Crippen LogP contribution in [-0.4, -0.2) is 15.5 Å². The number of aliphatic imine (C=N–C) groups is 1. The second-order valence-electron chi connectivity index (χ2n) is 3.54. The lowest BCUT2D eigenvalue weighted by molar-refractivity contribution is 0.686. The van der Waals surface area contributed by atoms with Crippen LogP contribution < -0.4 is 0 Å². The number of nitrogens with zero attached hydrogens (tertiary/aromatic N) is 1. The summed E-state index contributed by atoms with van der Waals surface area (Å²) < 4.78 is -1.28. The largest absolute Gasteiger partial charge is 0.281 e. The van der Waals surface area contributed by atoms with E-state index in [-0.39, 0.29) is 6.04 Å². The first-order chi connectivity index (χ1) is 7.07. The van der Waals surface area contributed by atoms with Crippen molar-refractivity contribution in [1.29, 1.82) is 0 Å². The zero-order valence-electron chi connectivity index (χ0n) is 7.96. The van der Waals surface area contributed by atoms with Gasteiger partial charge in [0.25, 0.3) is 0 Å². The molecule has 0 amide bonds.